The summed E-state index contributed by atoms with van der Waals surface area (Å²) in [5.74, 6) is -0.0832. The number of hydrogen-bond acceptors (Lipinski definition) is 2. The Morgan fingerprint density at radius 2 is 2.05 bits per heavy atom. The van der Waals surface area contributed by atoms with Gasteiger partial charge in [0.15, 0.2) is 0 Å². The predicted octanol–water partition coefficient (Wildman–Crippen LogP) is 2.51. The van der Waals surface area contributed by atoms with Crippen molar-refractivity contribution in [3.8, 4) is 0 Å². The van der Waals surface area contributed by atoms with Crippen LogP contribution in [0.1, 0.15) is 44.4 Å². The summed E-state index contributed by atoms with van der Waals surface area (Å²) in [6, 6.07) is 7.59. The Kier molecular flexibility index (Phi) is 4.05. The van der Waals surface area contributed by atoms with Crippen molar-refractivity contribution in [3.63, 3.8) is 0 Å². The van der Waals surface area contributed by atoms with Gasteiger partial charge in [-0.3, -0.25) is 4.79 Å². The Labute approximate surface area is 114 Å². The number of benzene rings is 1. The van der Waals surface area contributed by atoms with Crippen molar-refractivity contribution in [2.75, 3.05) is 0 Å². The highest BCUT2D eigenvalue weighted by molar-refractivity contribution is 5.93. The third kappa shape index (κ3) is 2.71. The van der Waals surface area contributed by atoms with Crippen LogP contribution in [0.5, 0.6) is 0 Å². The third-order valence-electron chi connectivity index (χ3n) is 4.00. The molecule has 0 radical (unpaired) electrons. The number of aliphatic hydroxyl groups excluding tert-OH is 1. The molecule has 1 aliphatic rings. The number of carbonyl (C=O) groups excluding carboxylic acids is 1. The minimum Gasteiger partial charge on any atom is -0.390 e. The molecule has 0 aromatic heterocycles. The summed E-state index contributed by atoms with van der Waals surface area (Å²) >= 11 is 0. The van der Waals surface area contributed by atoms with Crippen molar-refractivity contribution in [1.82, 2.24) is 5.32 Å². The van der Waals surface area contributed by atoms with Gasteiger partial charge in [-0.15, -0.1) is 0 Å². The summed E-state index contributed by atoms with van der Waals surface area (Å²) in [5, 5.41) is 13.1. The van der Waals surface area contributed by atoms with Crippen LogP contribution in [0.2, 0.25) is 0 Å². The number of rotatable bonds is 3. The van der Waals surface area contributed by atoms with Crippen molar-refractivity contribution in [3.05, 3.63) is 46.5 Å². The molecule has 19 heavy (non-hydrogen) atoms. The smallest absolute Gasteiger partial charge is 0.247 e. The lowest BCUT2D eigenvalue weighted by molar-refractivity contribution is -0.119. The Bertz CT molecular complexity index is 519. The number of fused-ring (bicyclic) bond motifs is 1. The van der Waals surface area contributed by atoms with Gasteiger partial charge in [0.2, 0.25) is 5.91 Å². The summed E-state index contributed by atoms with van der Waals surface area (Å²) in [6.07, 6.45) is 0.941. The van der Waals surface area contributed by atoms with Crippen LogP contribution in [0.4, 0.5) is 0 Å². The molecule has 1 aromatic rings. The molecule has 0 spiro atoms. The summed E-state index contributed by atoms with van der Waals surface area (Å²) in [5.41, 5.74) is 3.98. The normalized spacial score (nSPS) is 22.7. The van der Waals surface area contributed by atoms with Crippen LogP contribution in [0.3, 0.4) is 0 Å². The second-order valence-corrected chi connectivity index (χ2v) is 5.18. The number of nitrogens with one attached hydrogen (secondary N) is 1. The monoisotopic (exact) mass is 259 g/mol. The number of carbonyl (C=O) groups is 1. The molecule has 0 fully saturated rings. The van der Waals surface area contributed by atoms with Crippen LogP contribution in [0.25, 0.3) is 0 Å². The van der Waals surface area contributed by atoms with Crippen LogP contribution < -0.4 is 5.32 Å². The minimum atomic E-state index is -0.531. The van der Waals surface area contributed by atoms with Crippen LogP contribution in [-0.2, 0) is 11.2 Å². The molecule has 2 rings (SSSR count). The largest absolute Gasteiger partial charge is 0.390 e. The lowest BCUT2D eigenvalue weighted by Crippen LogP contribution is -2.34. The Balaban J connectivity index is 2.18. The zero-order chi connectivity index (χ0) is 14.0. The fraction of sp³-hybridized carbons (Fsp3) is 0.438. The predicted molar refractivity (Wildman–Crippen MR) is 75.7 cm³/mol. The summed E-state index contributed by atoms with van der Waals surface area (Å²) in [7, 11) is 0. The van der Waals surface area contributed by atoms with Gasteiger partial charge in [-0.05, 0) is 31.4 Å². The summed E-state index contributed by atoms with van der Waals surface area (Å²) in [4.78, 5) is 12.2. The molecule has 2 N–H and O–H groups in total. The summed E-state index contributed by atoms with van der Waals surface area (Å²) in [6.45, 7) is 5.83. The van der Waals surface area contributed by atoms with Gasteiger partial charge in [0, 0.05) is 12.0 Å². The van der Waals surface area contributed by atoms with E-state index in [2.05, 4.69) is 5.32 Å². The first-order valence-corrected chi connectivity index (χ1v) is 6.77. The van der Waals surface area contributed by atoms with Gasteiger partial charge in [-0.2, -0.15) is 0 Å². The fourth-order valence-corrected chi connectivity index (χ4v) is 2.46. The third-order valence-corrected chi connectivity index (χ3v) is 4.00. The number of hydrogen-bond donors (Lipinski definition) is 2. The molecule has 102 valence electrons. The van der Waals surface area contributed by atoms with Crippen molar-refractivity contribution in [1.29, 1.82) is 0 Å². The lowest BCUT2D eigenvalue weighted by atomic mass is 10.1. The highest BCUT2D eigenvalue weighted by Crippen LogP contribution is 2.31. The van der Waals surface area contributed by atoms with Crippen molar-refractivity contribution in [2.24, 2.45) is 0 Å². The summed E-state index contributed by atoms with van der Waals surface area (Å²) < 4.78 is 0. The highest BCUT2D eigenvalue weighted by atomic mass is 16.3. The van der Waals surface area contributed by atoms with Crippen molar-refractivity contribution in [2.45, 2.75) is 45.8 Å². The number of aliphatic hydroxyl groups is 1. The molecular formula is C16H21NO2. The van der Waals surface area contributed by atoms with Gasteiger partial charge in [-0.25, -0.2) is 0 Å². The second-order valence-electron chi connectivity index (χ2n) is 5.18. The van der Waals surface area contributed by atoms with Crippen molar-refractivity contribution < 1.29 is 9.90 Å². The quantitative estimate of drug-likeness (QED) is 0.819. The number of amides is 1. The molecule has 2 unspecified atom stereocenters. The van der Waals surface area contributed by atoms with E-state index in [0.29, 0.717) is 6.42 Å². The molecule has 3 nitrogen and oxygen atoms in total. The van der Waals surface area contributed by atoms with E-state index in [-0.39, 0.29) is 11.9 Å². The average Bonchev–Trinajstić information content (AvgIpc) is 2.73. The van der Waals surface area contributed by atoms with Crippen molar-refractivity contribution >= 4 is 5.91 Å². The topological polar surface area (TPSA) is 49.3 Å². The maximum absolute atomic E-state index is 12.2. The minimum absolute atomic E-state index is 0.0832. The van der Waals surface area contributed by atoms with Gasteiger partial charge in [-0.1, -0.05) is 36.8 Å². The van der Waals surface area contributed by atoms with E-state index in [1.54, 1.807) is 0 Å². The van der Waals surface area contributed by atoms with Crippen LogP contribution >= 0.6 is 0 Å². The lowest BCUT2D eigenvalue weighted by Gasteiger charge is -2.19. The first-order chi connectivity index (χ1) is 9.04. The molecule has 1 amide bonds. The first kappa shape index (κ1) is 13.8. The van der Waals surface area contributed by atoms with Gasteiger partial charge in [0.05, 0.1) is 12.1 Å². The second kappa shape index (κ2) is 5.57. The molecule has 0 bridgehead atoms. The zero-order valence-electron chi connectivity index (χ0n) is 11.7. The number of allylic oxidation sites excluding steroid dienone is 1. The Morgan fingerprint density at radius 3 is 2.74 bits per heavy atom. The van der Waals surface area contributed by atoms with Crippen LogP contribution in [0.15, 0.2) is 35.4 Å². The molecule has 3 heteroatoms. The molecule has 0 saturated carbocycles. The fourth-order valence-electron chi connectivity index (χ4n) is 2.46. The standard InChI is InChI=1S/C16H21NO2/c1-4-10(2)11(3)16(19)17-15-13-8-6-5-7-12(13)9-14(15)18/h5-8,14-15,18H,4,9H2,1-3H3,(H,17,19)/b11-10-. The molecule has 2 atom stereocenters. The Hall–Kier alpha value is -1.61. The molecule has 0 saturated heterocycles. The zero-order valence-corrected chi connectivity index (χ0v) is 11.7. The molecule has 1 aromatic carbocycles. The molecule has 1 aliphatic carbocycles. The molecule has 0 heterocycles. The van der Waals surface area contributed by atoms with E-state index in [0.717, 1.165) is 28.7 Å². The first-order valence-electron chi connectivity index (χ1n) is 6.77. The van der Waals surface area contributed by atoms with Gasteiger partial charge in [0.1, 0.15) is 0 Å². The van der Waals surface area contributed by atoms with Gasteiger partial charge in [0.25, 0.3) is 0 Å². The SMILES string of the molecule is CC/C(C)=C(/C)C(=O)NC1c2ccccc2CC1O. The highest BCUT2D eigenvalue weighted by Gasteiger charge is 2.32. The van der Waals surface area contributed by atoms with E-state index >= 15 is 0 Å². The molecular weight excluding hydrogens is 238 g/mol. The van der Waals surface area contributed by atoms with E-state index in [9.17, 15) is 9.90 Å². The van der Waals surface area contributed by atoms with E-state index in [1.165, 1.54) is 0 Å². The maximum atomic E-state index is 12.2. The van der Waals surface area contributed by atoms with E-state index in [1.807, 2.05) is 45.0 Å². The maximum Gasteiger partial charge on any atom is 0.247 e. The van der Waals surface area contributed by atoms with E-state index in [4.69, 9.17) is 0 Å². The van der Waals surface area contributed by atoms with Crippen LogP contribution in [-0.4, -0.2) is 17.1 Å². The Morgan fingerprint density at radius 1 is 1.37 bits per heavy atom. The van der Waals surface area contributed by atoms with E-state index < -0.39 is 6.10 Å². The van der Waals surface area contributed by atoms with Gasteiger partial charge < -0.3 is 10.4 Å². The van der Waals surface area contributed by atoms with Gasteiger partial charge >= 0.3 is 0 Å². The molecule has 0 aliphatic heterocycles. The van der Waals surface area contributed by atoms with Crippen LogP contribution in [0, 0.1) is 0 Å². The average molecular weight is 259 g/mol.